The van der Waals surface area contributed by atoms with Crippen molar-refractivity contribution in [3.05, 3.63) is 12.2 Å². The van der Waals surface area contributed by atoms with Crippen LogP contribution in [0.3, 0.4) is 0 Å². The van der Waals surface area contributed by atoms with Crippen LogP contribution in [0.1, 0.15) is 19.7 Å². The average molecular weight is 312 g/mol. The molecule has 0 radical (unpaired) electrons. The minimum atomic E-state index is -4.16. The van der Waals surface area contributed by atoms with Crippen LogP contribution in [0.15, 0.2) is 6.33 Å². The Bertz CT molecular complexity index is 425. The van der Waals surface area contributed by atoms with E-state index in [4.69, 9.17) is 5.73 Å². The van der Waals surface area contributed by atoms with Gasteiger partial charge in [0.2, 0.25) is 0 Å². The molecule has 1 unspecified atom stereocenters. The van der Waals surface area contributed by atoms with Gasteiger partial charge in [-0.15, -0.1) is 0 Å². The molecule has 0 aliphatic heterocycles. The Balaban J connectivity index is 2.41. The molecule has 9 heteroatoms. The van der Waals surface area contributed by atoms with E-state index in [2.05, 4.69) is 14.8 Å². The summed E-state index contributed by atoms with van der Waals surface area (Å²) in [6.07, 6.45) is -2.09. The summed E-state index contributed by atoms with van der Waals surface area (Å²) in [7, 11) is 0. The summed E-state index contributed by atoms with van der Waals surface area (Å²) < 4.78 is 55.4. The Morgan fingerprint density at radius 1 is 1.38 bits per heavy atom. The fraction of sp³-hybridized carbons (Fsp3) is 0.833. The zero-order valence-electron chi connectivity index (χ0n) is 12.0. The SMILES string of the molecule is CC(C)Cn1ncnc1CC(N)COCC(F)(F)C(F)F. The predicted octanol–water partition coefficient (Wildman–Crippen LogP) is 1.72. The zero-order valence-corrected chi connectivity index (χ0v) is 12.0. The van der Waals surface area contributed by atoms with E-state index < -0.39 is 25.0 Å². The maximum absolute atomic E-state index is 12.6. The number of halogens is 4. The predicted molar refractivity (Wildman–Crippen MR) is 68.3 cm³/mol. The molecule has 1 aromatic heterocycles. The van der Waals surface area contributed by atoms with E-state index >= 15 is 0 Å². The van der Waals surface area contributed by atoms with Crippen LogP contribution in [0, 0.1) is 5.92 Å². The van der Waals surface area contributed by atoms with Crippen molar-refractivity contribution >= 4 is 0 Å². The number of nitrogens with zero attached hydrogens (tertiary/aromatic N) is 3. The van der Waals surface area contributed by atoms with Gasteiger partial charge in [-0.05, 0) is 5.92 Å². The molecule has 0 fully saturated rings. The lowest BCUT2D eigenvalue weighted by Gasteiger charge is -2.17. The van der Waals surface area contributed by atoms with E-state index in [-0.39, 0.29) is 13.0 Å². The number of aromatic nitrogens is 3. The molecule has 0 aliphatic rings. The minimum absolute atomic E-state index is 0.253. The first-order valence-corrected chi connectivity index (χ1v) is 6.58. The first-order valence-electron chi connectivity index (χ1n) is 6.58. The Morgan fingerprint density at radius 2 is 2.05 bits per heavy atom. The second-order valence-electron chi connectivity index (χ2n) is 5.29. The number of nitrogens with two attached hydrogens (primary N) is 1. The van der Waals surface area contributed by atoms with Crippen molar-refractivity contribution < 1.29 is 22.3 Å². The molecule has 1 atom stereocenters. The fourth-order valence-electron chi connectivity index (χ4n) is 1.65. The monoisotopic (exact) mass is 312 g/mol. The second kappa shape index (κ2) is 7.69. The molecule has 0 aromatic carbocycles. The fourth-order valence-corrected chi connectivity index (χ4v) is 1.65. The molecule has 5 nitrogen and oxygen atoms in total. The van der Waals surface area contributed by atoms with Gasteiger partial charge in [0.05, 0.1) is 6.61 Å². The summed E-state index contributed by atoms with van der Waals surface area (Å²) in [5, 5.41) is 4.04. The number of hydrogen-bond acceptors (Lipinski definition) is 4. The molecule has 0 aliphatic carbocycles. The number of ether oxygens (including phenoxy) is 1. The van der Waals surface area contributed by atoms with Crippen LogP contribution in [-0.4, -0.2) is 46.4 Å². The lowest BCUT2D eigenvalue weighted by Crippen LogP contribution is -2.36. The molecular weight excluding hydrogens is 292 g/mol. The molecule has 0 spiro atoms. The van der Waals surface area contributed by atoms with E-state index in [9.17, 15) is 17.6 Å². The third-order valence-corrected chi connectivity index (χ3v) is 2.62. The standard InChI is InChI=1S/C12H20F4N4O/c1-8(2)4-20-10(18-7-19-20)3-9(17)5-21-6-12(15,16)11(13)14/h7-9,11H,3-6,17H2,1-2H3. The molecule has 0 saturated carbocycles. The van der Waals surface area contributed by atoms with Crippen molar-refractivity contribution in [3.8, 4) is 0 Å². The molecule has 1 heterocycles. The highest BCUT2D eigenvalue weighted by Gasteiger charge is 2.41. The lowest BCUT2D eigenvalue weighted by atomic mass is 10.2. The number of rotatable bonds is 9. The van der Waals surface area contributed by atoms with Crippen molar-refractivity contribution in [1.29, 1.82) is 0 Å². The van der Waals surface area contributed by atoms with Crippen LogP contribution in [-0.2, 0) is 17.7 Å². The summed E-state index contributed by atoms with van der Waals surface area (Å²) in [6, 6.07) is -0.617. The third-order valence-electron chi connectivity index (χ3n) is 2.62. The van der Waals surface area contributed by atoms with Gasteiger partial charge in [0, 0.05) is 19.0 Å². The highest BCUT2D eigenvalue weighted by atomic mass is 19.3. The molecule has 0 bridgehead atoms. The quantitative estimate of drug-likeness (QED) is 0.705. The maximum Gasteiger partial charge on any atom is 0.330 e. The van der Waals surface area contributed by atoms with E-state index in [1.54, 1.807) is 4.68 Å². The first-order chi connectivity index (χ1) is 9.72. The molecule has 0 amide bonds. The van der Waals surface area contributed by atoms with Crippen molar-refractivity contribution in [1.82, 2.24) is 14.8 Å². The van der Waals surface area contributed by atoms with Crippen LogP contribution < -0.4 is 5.73 Å². The van der Waals surface area contributed by atoms with Gasteiger partial charge >= 0.3 is 12.3 Å². The smallest absolute Gasteiger partial charge is 0.330 e. The number of hydrogen-bond donors (Lipinski definition) is 1. The highest BCUT2D eigenvalue weighted by Crippen LogP contribution is 2.22. The molecule has 1 rings (SSSR count). The van der Waals surface area contributed by atoms with Gasteiger partial charge < -0.3 is 10.5 Å². The molecule has 0 saturated heterocycles. The number of alkyl halides is 4. The van der Waals surface area contributed by atoms with Gasteiger partial charge in [-0.1, -0.05) is 13.8 Å². The van der Waals surface area contributed by atoms with Crippen LogP contribution in [0.5, 0.6) is 0 Å². The van der Waals surface area contributed by atoms with Crippen molar-refractivity contribution in [2.45, 2.75) is 45.2 Å². The summed E-state index contributed by atoms with van der Waals surface area (Å²) >= 11 is 0. The molecule has 2 N–H and O–H groups in total. The molecule has 122 valence electrons. The molecule has 21 heavy (non-hydrogen) atoms. The van der Waals surface area contributed by atoms with E-state index in [0.29, 0.717) is 18.3 Å². The normalized spacial score (nSPS) is 14.1. The van der Waals surface area contributed by atoms with Gasteiger partial charge in [-0.25, -0.2) is 18.4 Å². The third kappa shape index (κ3) is 5.96. The zero-order chi connectivity index (χ0) is 16.0. The maximum atomic E-state index is 12.6. The Labute approximate surface area is 120 Å². The van der Waals surface area contributed by atoms with Crippen LogP contribution in [0.2, 0.25) is 0 Å². The Hall–Kier alpha value is -1.22. The molecule has 1 aromatic rings. The van der Waals surface area contributed by atoms with Crippen molar-refractivity contribution in [3.63, 3.8) is 0 Å². The second-order valence-corrected chi connectivity index (χ2v) is 5.29. The Kier molecular flexibility index (Phi) is 6.53. The van der Waals surface area contributed by atoms with E-state index in [1.165, 1.54) is 6.33 Å². The van der Waals surface area contributed by atoms with Gasteiger partial charge in [0.25, 0.3) is 0 Å². The van der Waals surface area contributed by atoms with Crippen LogP contribution in [0.25, 0.3) is 0 Å². The summed E-state index contributed by atoms with van der Waals surface area (Å²) in [4.78, 5) is 4.04. The minimum Gasteiger partial charge on any atom is -0.373 e. The van der Waals surface area contributed by atoms with Gasteiger partial charge in [0.1, 0.15) is 18.8 Å². The Morgan fingerprint density at radius 3 is 2.62 bits per heavy atom. The highest BCUT2D eigenvalue weighted by molar-refractivity contribution is 4.89. The summed E-state index contributed by atoms with van der Waals surface area (Å²) in [5.74, 6) is -3.18. The summed E-state index contributed by atoms with van der Waals surface area (Å²) in [6.45, 7) is 3.09. The first kappa shape index (κ1) is 17.8. The average Bonchev–Trinajstić information content (AvgIpc) is 2.75. The van der Waals surface area contributed by atoms with Crippen LogP contribution in [0.4, 0.5) is 17.6 Å². The van der Waals surface area contributed by atoms with Gasteiger partial charge in [-0.3, -0.25) is 0 Å². The largest absolute Gasteiger partial charge is 0.373 e. The lowest BCUT2D eigenvalue weighted by molar-refractivity contribution is -0.166. The topological polar surface area (TPSA) is 66.0 Å². The van der Waals surface area contributed by atoms with Gasteiger partial charge in [-0.2, -0.15) is 13.9 Å². The van der Waals surface area contributed by atoms with Crippen LogP contribution >= 0.6 is 0 Å². The van der Waals surface area contributed by atoms with E-state index in [1.807, 2.05) is 13.8 Å². The van der Waals surface area contributed by atoms with E-state index in [0.717, 1.165) is 0 Å². The van der Waals surface area contributed by atoms with Crippen molar-refractivity contribution in [2.24, 2.45) is 11.7 Å². The molecular formula is C12H20F4N4O. The van der Waals surface area contributed by atoms with Gasteiger partial charge in [0.15, 0.2) is 0 Å². The summed E-state index contributed by atoms with van der Waals surface area (Å²) in [5.41, 5.74) is 5.73. The van der Waals surface area contributed by atoms with Crippen molar-refractivity contribution in [2.75, 3.05) is 13.2 Å².